The molecule has 1 aromatic carbocycles. The third kappa shape index (κ3) is 3.97. The van der Waals surface area contributed by atoms with Gasteiger partial charge in [0.1, 0.15) is 0 Å². The Bertz CT molecular complexity index is 372. The molecule has 1 saturated heterocycles. The summed E-state index contributed by atoms with van der Waals surface area (Å²) in [7, 11) is 2.21. The first-order valence-corrected chi connectivity index (χ1v) is 6.90. The van der Waals surface area contributed by atoms with Crippen LogP contribution in [0.4, 0.5) is 0 Å². The molecule has 0 saturated carbocycles. The molecule has 0 amide bonds. The molecule has 1 aliphatic rings. The Labute approximate surface area is 111 Å². The zero-order valence-electron chi connectivity index (χ0n) is 11.4. The first-order valence-electron chi connectivity index (χ1n) is 6.90. The van der Waals surface area contributed by atoms with Crippen molar-refractivity contribution in [3.05, 3.63) is 42.5 Å². The molecule has 0 atom stereocenters. The summed E-state index contributed by atoms with van der Waals surface area (Å²) in [6.07, 6.45) is 2.36. The monoisotopic (exact) mass is 244 g/mol. The van der Waals surface area contributed by atoms with Gasteiger partial charge in [-0.1, -0.05) is 36.9 Å². The van der Waals surface area contributed by atoms with Crippen molar-refractivity contribution in [3.8, 4) is 0 Å². The van der Waals surface area contributed by atoms with Crippen molar-refractivity contribution in [2.75, 3.05) is 39.8 Å². The summed E-state index contributed by atoms with van der Waals surface area (Å²) in [5.41, 5.74) is 2.54. The Balaban J connectivity index is 1.79. The SMILES string of the molecule is C=C(CCN1CCCN(C)CC1)c1ccccc1. The Morgan fingerprint density at radius 3 is 2.67 bits per heavy atom. The number of hydrogen-bond acceptors (Lipinski definition) is 2. The quantitative estimate of drug-likeness (QED) is 0.803. The van der Waals surface area contributed by atoms with Gasteiger partial charge in [-0.15, -0.1) is 0 Å². The van der Waals surface area contributed by atoms with Crippen molar-refractivity contribution in [2.45, 2.75) is 12.8 Å². The molecule has 2 nitrogen and oxygen atoms in total. The number of rotatable bonds is 4. The molecular weight excluding hydrogens is 220 g/mol. The molecule has 1 heterocycles. The molecule has 0 bridgehead atoms. The van der Waals surface area contributed by atoms with Crippen LogP contribution < -0.4 is 0 Å². The topological polar surface area (TPSA) is 6.48 Å². The lowest BCUT2D eigenvalue weighted by Crippen LogP contribution is -2.29. The van der Waals surface area contributed by atoms with Crippen LogP contribution in [0.15, 0.2) is 36.9 Å². The highest BCUT2D eigenvalue weighted by Crippen LogP contribution is 2.16. The highest BCUT2D eigenvalue weighted by atomic mass is 15.2. The predicted octanol–water partition coefficient (Wildman–Crippen LogP) is 2.73. The van der Waals surface area contributed by atoms with Gasteiger partial charge in [0.05, 0.1) is 0 Å². The maximum absolute atomic E-state index is 4.21. The van der Waals surface area contributed by atoms with E-state index in [4.69, 9.17) is 0 Å². The summed E-state index contributed by atoms with van der Waals surface area (Å²) >= 11 is 0. The zero-order chi connectivity index (χ0) is 12.8. The maximum atomic E-state index is 4.21. The lowest BCUT2D eigenvalue weighted by atomic mass is 10.0. The van der Waals surface area contributed by atoms with E-state index in [1.54, 1.807) is 0 Å². The van der Waals surface area contributed by atoms with E-state index in [2.05, 4.69) is 53.8 Å². The Morgan fingerprint density at radius 1 is 1.11 bits per heavy atom. The standard InChI is InChI=1S/C16H24N2/c1-15(16-7-4-3-5-8-16)9-12-18-11-6-10-17(2)13-14-18/h3-5,7-8H,1,6,9-14H2,2H3. The van der Waals surface area contributed by atoms with E-state index >= 15 is 0 Å². The summed E-state index contributed by atoms with van der Waals surface area (Å²) in [5, 5.41) is 0. The van der Waals surface area contributed by atoms with Crippen molar-refractivity contribution >= 4 is 5.57 Å². The molecule has 98 valence electrons. The normalized spacial score (nSPS) is 18.5. The minimum atomic E-state index is 1.08. The fourth-order valence-electron chi connectivity index (χ4n) is 2.43. The van der Waals surface area contributed by atoms with Gasteiger partial charge in [0.25, 0.3) is 0 Å². The van der Waals surface area contributed by atoms with Gasteiger partial charge in [-0.05, 0) is 44.1 Å². The summed E-state index contributed by atoms with van der Waals surface area (Å²) in [6.45, 7) is 10.2. The number of hydrogen-bond donors (Lipinski definition) is 0. The van der Waals surface area contributed by atoms with Gasteiger partial charge >= 0.3 is 0 Å². The lowest BCUT2D eigenvalue weighted by molar-refractivity contribution is 0.282. The van der Waals surface area contributed by atoms with Gasteiger partial charge in [0.15, 0.2) is 0 Å². The molecule has 18 heavy (non-hydrogen) atoms. The van der Waals surface area contributed by atoms with Crippen LogP contribution in [0.1, 0.15) is 18.4 Å². The van der Waals surface area contributed by atoms with E-state index in [0.717, 1.165) is 13.0 Å². The molecule has 1 fully saturated rings. The predicted molar refractivity (Wildman–Crippen MR) is 78.6 cm³/mol. The molecule has 1 aromatic rings. The molecule has 2 heteroatoms. The van der Waals surface area contributed by atoms with Crippen LogP contribution in [0.3, 0.4) is 0 Å². The Kier molecular flexibility index (Phi) is 4.97. The number of likely N-dealkylation sites (N-methyl/N-ethyl adjacent to an activating group) is 1. The fourth-order valence-corrected chi connectivity index (χ4v) is 2.43. The Hall–Kier alpha value is -1.12. The smallest absolute Gasteiger partial charge is 0.0109 e. The molecule has 0 aromatic heterocycles. The fraction of sp³-hybridized carbons (Fsp3) is 0.500. The second kappa shape index (κ2) is 6.72. The van der Waals surface area contributed by atoms with Crippen LogP contribution >= 0.6 is 0 Å². The first-order chi connectivity index (χ1) is 8.75. The van der Waals surface area contributed by atoms with Crippen LogP contribution in [-0.2, 0) is 0 Å². The van der Waals surface area contributed by atoms with Crippen molar-refractivity contribution in [1.82, 2.24) is 9.80 Å². The number of benzene rings is 1. The second-order valence-corrected chi connectivity index (χ2v) is 5.22. The van der Waals surface area contributed by atoms with E-state index in [1.165, 1.54) is 43.7 Å². The van der Waals surface area contributed by atoms with E-state index in [1.807, 2.05) is 0 Å². The maximum Gasteiger partial charge on any atom is 0.0109 e. The van der Waals surface area contributed by atoms with Gasteiger partial charge in [0, 0.05) is 19.6 Å². The minimum absolute atomic E-state index is 1.08. The van der Waals surface area contributed by atoms with Crippen LogP contribution in [0.2, 0.25) is 0 Å². The average molecular weight is 244 g/mol. The summed E-state index contributed by atoms with van der Waals surface area (Å²) < 4.78 is 0. The van der Waals surface area contributed by atoms with Crippen molar-refractivity contribution in [2.24, 2.45) is 0 Å². The average Bonchev–Trinajstić information content (AvgIpc) is 2.62. The highest BCUT2D eigenvalue weighted by molar-refractivity contribution is 5.63. The van der Waals surface area contributed by atoms with Crippen LogP contribution in [0, 0.1) is 0 Å². The molecule has 0 spiro atoms. The van der Waals surface area contributed by atoms with E-state index < -0.39 is 0 Å². The number of nitrogens with zero attached hydrogens (tertiary/aromatic N) is 2. The van der Waals surface area contributed by atoms with Crippen LogP contribution in [0.5, 0.6) is 0 Å². The van der Waals surface area contributed by atoms with Crippen molar-refractivity contribution < 1.29 is 0 Å². The van der Waals surface area contributed by atoms with Gasteiger partial charge in [0.2, 0.25) is 0 Å². The molecule has 2 rings (SSSR count). The minimum Gasteiger partial charge on any atom is -0.305 e. The van der Waals surface area contributed by atoms with Crippen LogP contribution in [0.25, 0.3) is 5.57 Å². The summed E-state index contributed by atoms with van der Waals surface area (Å²) in [5.74, 6) is 0. The highest BCUT2D eigenvalue weighted by Gasteiger charge is 2.11. The zero-order valence-corrected chi connectivity index (χ0v) is 11.4. The van der Waals surface area contributed by atoms with E-state index in [-0.39, 0.29) is 0 Å². The molecule has 0 radical (unpaired) electrons. The third-order valence-corrected chi connectivity index (χ3v) is 3.72. The molecule has 1 aliphatic heterocycles. The first kappa shape index (κ1) is 13.3. The summed E-state index contributed by atoms with van der Waals surface area (Å²) in [4.78, 5) is 4.99. The summed E-state index contributed by atoms with van der Waals surface area (Å²) in [6, 6.07) is 10.5. The Morgan fingerprint density at radius 2 is 1.89 bits per heavy atom. The van der Waals surface area contributed by atoms with Gasteiger partial charge in [-0.25, -0.2) is 0 Å². The van der Waals surface area contributed by atoms with Gasteiger partial charge in [-0.2, -0.15) is 0 Å². The van der Waals surface area contributed by atoms with E-state index in [0.29, 0.717) is 0 Å². The lowest BCUT2D eigenvalue weighted by Gasteiger charge is -2.20. The van der Waals surface area contributed by atoms with Crippen molar-refractivity contribution in [1.29, 1.82) is 0 Å². The second-order valence-electron chi connectivity index (χ2n) is 5.22. The third-order valence-electron chi connectivity index (χ3n) is 3.72. The largest absolute Gasteiger partial charge is 0.305 e. The molecule has 0 N–H and O–H groups in total. The molecule has 0 aliphatic carbocycles. The van der Waals surface area contributed by atoms with Gasteiger partial charge < -0.3 is 9.80 Å². The van der Waals surface area contributed by atoms with Crippen LogP contribution in [-0.4, -0.2) is 49.6 Å². The van der Waals surface area contributed by atoms with Gasteiger partial charge in [-0.3, -0.25) is 0 Å². The molecular formula is C16H24N2. The molecule has 0 unspecified atom stereocenters. The van der Waals surface area contributed by atoms with Crippen molar-refractivity contribution in [3.63, 3.8) is 0 Å². The van der Waals surface area contributed by atoms with E-state index in [9.17, 15) is 0 Å².